The highest BCUT2D eigenvalue weighted by Crippen LogP contribution is 2.26. The Balaban J connectivity index is 2.43. The van der Waals surface area contributed by atoms with Crippen molar-refractivity contribution < 1.29 is 0 Å². The molecule has 1 unspecified atom stereocenters. The summed E-state index contributed by atoms with van der Waals surface area (Å²) in [5.74, 6) is 0. The summed E-state index contributed by atoms with van der Waals surface area (Å²) in [5.41, 5.74) is 0. The molecule has 1 rings (SSSR count). The summed E-state index contributed by atoms with van der Waals surface area (Å²) in [4.78, 5) is 4.93. The zero-order chi connectivity index (χ0) is 10.7. The maximum atomic E-state index is 2.56. The quantitative estimate of drug-likeness (QED) is 0.683. The van der Waals surface area contributed by atoms with E-state index in [1.54, 1.807) is 0 Å². The van der Waals surface area contributed by atoms with E-state index in [1.807, 2.05) is 0 Å². The van der Waals surface area contributed by atoms with Crippen LogP contribution in [0.1, 0.15) is 39.5 Å². The van der Waals surface area contributed by atoms with E-state index in [1.165, 1.54) is 25.7 Å². The van der Waals surface area contributed by atoms with Gasteiger partial charge in [0, 0.05) is 18.1 Å². The molecule has 0 amide bonds. The fraction of sp³-hybridized carbons (Fsp3) is 1.00. The van der Waals surface area contributed by atoms with Gasteiger partial charge < -0.3 is 9.80 Å². The molecule has 84 valence electrons. The molecule has 1 heterocycles. The molecule has 2 nitrogen and oxygen atoms in total. The fourth-order valence-electron chi connectivity index (χ4n) is 2.54. The van der Waals surface area contributed by atoms with Gasteiger partial charge in [0.15, 0.2) is 0 Å². The highest BCUT2D eigenvalue weighted by Gasteiger charge is 2.29. The minimum Gasteiger partial charge on any atom is -0.306 e. The van der Waals surface area contributed by atoms with Crippen molar-refractivity contribution in [3.05, 3.63) is 0 Å². The zero-order valence-electron chi connectivity index (χ0n) is 10.5. The molecule has 1 fully saturated rings. The molecule has 0 bridgehead atoms. The van der Waals surface area contributed by atoms with E-state index in [0.29, 0.717) is 0 Å². The van der Waals surface area contributed by atoms with Crippen LogP contribution in [0.5, 0.6) is 0 Å². The number of rotatable bonds is 4. The summed E-state index contributed by atoms with van der Waals surface area (Å²) < 4.78 is 0. The van der Waals surface area contributed by atoms with Crippen LogP contribution in [0, 0.1) is 0 Å². The molecular weight excluding hydrogens is 172 g/mol. The normalized spacial score (nSPS) is 31.3. The van der Waals surface area contributed by atoms with Gasteiger partial charge in [-0.25, -0.2) is 0 Å². The van der Waals surface area contributed by atoms with Gasteiger partial charge in [0.1, 0.15) is 0 Å². The molecule has 1 saturated heterocycles. The number of nitrogens with zero attached hydrogens (tertiary/aromatic N) is 2. The molecule has 0 aromatic carbocycles. The first-order valence-electron chi connectivity index (χ1n) is 5.94. The van der Waals surface area contributed by atoms with Gasteiger partial charge >= 0.3 is 0 Å². The molecule has 0 N–H and O–H groups in total. The van der Waals surface area contributed by atoms with Gasteiger partial charge in [0.2, 0.25) is 0 Å². The lowest BCUT2D eigenvalue weighted by atomic mass is 10.0. The number of hydrogen-bond acceptors (Lipinski definition) is 2. The Morgan fingerprint density at radius 2 is 2.00 bits per heavy atom. The van der Waals surface area contributed by atoms with E-state index < -0.39 is 0 Å². The largest absolute Gasteiger partial charge is 0.306 e. The second-order valence-corrected chi connectivity index (χ2v) is 5.01. The van der Waals surface area contributed by atoms with Crippen molar-refractivity contribution in [3.63, 3.8) is 0 Å². The molecular formula is C12H26N2. The van der Waals surface area contributed by atoms with E-state index in [0.717, 1.165) is 18.1 Å². The summed E-state index contributed by atoms with van der Waals surface area (Å²) in [6, 6.07) is 2.37. The molecule has 2 heteroatoms. The summed E-state index contributed by atoms with van der Waals surface area (Å²) in [7, 11) is 6.68. The van der Waals surface area contributed by atoms with Gasteiger partial charge in [-0.3, -0.25) is 0 Å². The van der Waals surface area contributed by atoms with Gasteiger partial charge in [-0.15, -0.1) is 0 Å². The Bertz CT molecular complexity index is 168. The zero-order valence-corrected chi connectivity index (χ0v) is 10.5. The van der Waals surface area contributed by atoms with E-state index in [-0.39, 0.29) is 0 Å². The molecule has 0 aromatic rings. The maximum absolute atomic E-state index is 2.56. The van der Waals surface area contributed by atoms with Crippen LogP contribution in [0.25, 0.3) is 0 Å². The lowest BCUT2D eigenvalue weighted by Crippen LogP contribution is -2.37. The molecule has 0 aromatic heterocycles. The second-order valence-electron chi connectivity index (χ2n) is 5.01. The Morgan fingerprint density at radius 1 is 1.36 bits per heavy atom. The first-order chi connectivity index (χ1) is 6.56. The topological polar surface area (TPSA) is 6.48 Å². The average Bonchev–Trinajstić information content (AvgIpc) is 2.44. The predicted octanol–water partition coefficient (Wildman–Crippen LogP) is 2.20. The van der Waals surface area contributed by atoms with Crippen molar-refractivity contribution in [2.75, 3.05) is 21.1 Å². The Hall–Kier alpha value is -0.0800. The van der Waals surface area contributed by atoms with Crippen LogP contribution in [0.15, 0.2) is 0 Å². The Kier molecular flexibility index (Phi) is 4.39. The average molecular weight is 198 g/mol. The van der Waals surface area contributed by atoms with Gasteiger partial charge in [-0.2, -0.15) is 0 Å². The predicted molar refractivity (Wildman–Crippen MR) is 62.6 cm³/mol. The molecule has 1 aliphatic rings. The van der Waals surface area contributed by atoms with Crippen LogP contribution in [-0.2, 0) is 0 Å². The highest BCUT2D eigenvalue weighted by molar-refractivity contribution is 4.85. The minimum atomic E-state index is 0.757. The van der Waals surface area contributed by atoms with Gasteiger partial charge in [-0.05, 0) is 53.8 Å². The first-order valence-corrected chi connectivity index (χ1v) is 5.94. The van der Waals surface area contributed by atoms with Crippen molar-refractivity contribution >= 4 is 0 Å². The van der Waals surface area contributed by atoms with E-state index in [2.05, 4.69) is 44.8 Å². The van der Waals surface area contributed by atoms with Gasteiger partial charge in [-0.1, -0.05) is 6.92 Å². The van der Waals surface area contributed by atoms with Gasteiger partial charge in [0.05, 0.1) is 0 Å². The summed E-state index contributed by atoms with van der Waals surface area (Å²) >= 11 is 0. The molecule has 3 atom stereocenters. The van der Waals surface area contributed by atoms with Crippen molar-refractivity contribution in [2.24, 2.45) is 0 Å². The number of hydrogen-bond donors (Lipinski definition) is 0. The highest BCUT2D eigenvalue weighted by atomic mass is 15.2. The van der Waals surface area contributed by atoms with Crippen molar-refractivity contribution in [1.29, 1.82) is 0 Å². The van der Waals surface area contributed by atoms with Gasteiger partial charge in [0.25, 0.3) is 0 Å². The van der Waals surface area contributed by atoms with E-state index >= 15 is 0 Å². The maximum Gasteiger partial charge on any atom is 0.0110 e. The molecule has 1 aliphatic heterocycles. The van der Waals surface area contributed by atoms with Crippen LogP contribution < -0.4 is 0 Å². The Morgan fingerprint density at radius 3 is 2.36 bits per heavy atom. The Labute approximate surface area is 89.3 Å². The van der Waals surface area contributed by atoms with Crippen molar-refractivity contribution in [2.45, 2.75) is 57.7 Å². The number of likely N-dealkylation sites (tertiary alicyclic amines) is 1. The van der Waals surface area contributed by atoms with Crippen molar-refractivity contribution in [3.8, 4) is 0 Å². The van der Waals surface area contributed by atoms with Crippen LogP contribution >= 0.6 is 0 Å². The first kappa shape index (κ1) is 12.0. The monoisotopic (exact) mass is 198 g/mol. The van der Waals surface area contributed by atoms with Crippen LogP contribution in [0.3, 0.4) is 0 Å². The molecule has 0 aliphatic carbocycles. The summed E-state index contributed by atoms with van der Waals surface area (Å²) in [5, 5.41) is 0. The summed E-state index contributed by atoms with van der Waals surface area (Å²) in [6.45, 7) is 4.64. The fourth-order valence-corrected chi connectivity index (χ4v) is 2.54. The van der Waals surface area contributed by atoms with Crippen LogP contribution in [0.2, 0.25) is 0 Å². The third-order valence-corrected chi connectivity index (χ3v) is 3.93. The van der Waals surface area contributed by atoms with E-state index in [4.69, 9.17) is 0 Å². The minimum absolute atomic E-state index is 0.757. The molecule has 14 heavy (non-hydrogen) atoms. The van der Waals surface area contributed by atoms with Crippen LogP contribution in [0.4, 0.5) is 0 Å². The third kappa shape index (κ3) is 2.71. The van der Waals surface area contributed by atoms with Crippen molar-refractivity contribution in [1.82, 2.24) is 9.80 Å². The smallest absolute Gasteiger partial charge is 0.0110 e. The molecule has 0 radical (unpaired) electrons. The lowest BCUT2D eigenvalue weighted by Gasteiger charge is -2.30. The molecule has 0 saturated carbocycles. The standard InChI is InChI=1S/C12H26N2/c1-6-11(13(3)4)9-12-8-7-10(2)14(12)5/h10-12H,6-9H2,1-5H3/t10-,11?,12+/m1/s1. The lowest BCUT2D eigenvalue weighted by molar-refractivity contribution is 0.183. The SMILES string of the molecule is CCC(C[C@@H]1CC[C@@H](C)N1C)N(C)C. The third-order valence-electron chi connectivity index (χ3n) is 3.93. The van der Waals surface area contributed by atoms with E-state index in [9.17, 15) is 0 Å². The molecule has 0 spiro atoms. The summed E-state index contributed by atoms with van der Waals surface area (Å²) in [6.07, 6.45) is 5.38. The van der Waals surface area contributed by atoms with Crippen LogP contribution in [-0.4, -0.2) is 49.1 Å². The second kappa shape index (κ2) is 5.13.